The molecule has 0 unspecified atom stereocenters. The van der Waals surface area contributed by atoms with Crippen molar-refractivity contribution in [3.05, 3.63) is 151 Å². The molecule has 4 heterocycles. The summed E-state index contributed by atoms with van der Waals surface area (Å²) in [5.74, 6) is -2.01. The van der Waals surface area contributed by atoms with Gasteiger partial charge in [0.05, 0.1) is 63.5 Å². The number of hydrogen-bond donors (Lipinski definition) is 3. The third kappa shape index (κ3) is 15.1. The molecule has 0 fully saturated rings. The van der Waals surface area contributed by atoms with Gasteiger partial charge in [0.1, 0.15) is 35.4 Å². The van der Waals surface area contributed by atoms with E-state index in [0.717, 1.165) is 55.9 Å². The highest BCUT2D eigenvalue weighted by atomic mass is 35.5. The summed E-state index contributed by atoms with van der Waals surface area (Å²) >= 11 is 23.2. The molecule has 0 saturated heterocycles. The smallest absolute Gasteiger partial charge is 0.417 e. The minimum atomic E-state index is -4.95. The van der Waals surface area contributed by atoms with Crippen LogP contribution in [-0.2, 0) is 41.9 Å². The lowest BCUT2D eigenvalue weighted by Gasteiger charge is -2.26. The Morgan fingerprint density at radius 3 is 1.73 bits per heavy atom. The van der Waals surface area contributed by atoms with E-state index < -0.39 is 105 Å². The Bertz CT molecular complexity index is 3300. The van der Waals surface area contributed by atoms with Crippen LogP contribution >= 0.6 is 46.4 Å². The first-order valence-electron chi connectivity index (χ1n) is 19.7. The standard InChI is InChI=1S/C25H23Cl2F3N4O6S.C18H11Cl2F3N4O3S.2CH4/c1-24(2,3)40-23(36)33-22-16(6-5-9-31-22)21(35)20-19(10-14(26)12-32-20)34(13-39-4)41(37,38)15-7-8-18(27)17(11-15)25(28,29)30;19-9-6-14(15(26-8-9)16(28)11-2-1-5-25-17(11)24)27-31(29,30)10-3-4-13(20)12(7-10)18(21,22)23;;/h5-12H,13H2,1-4H3,(H,31,33,36);1-8,27H,(H2,24,25);2*1H4. The van der Waals surface area contributed by atoms with Gasteiger partial charge in [0.2, 0.25) is 11.6 Å². The Hall–Kier alpha value is -6.35. The number of halogens is 10. The van der Waals surface area contributed by atoms with Crippen LogP contribution < -0.4 is 20.1 Å². The van der Waals surface area contributed by atoms with Crippen molar-refractivity contribution in [3.8, 4) is 0 Å². The summed E-state index contributed by atoms with van der Waals surface area (Å²) in [7, 11) is -8.28. The Morgan fingerprint density at radius 2 is 1.19 bits per heavy atom. The van der Waals surface area contributed by atoms with Crippen molar-refractivity contribution in [2.45, 2.75) is 63.4 Å². The second-order valence-electron chi connectivity index (χ2n) is 15.3. The van der Waals surface area contributed by atoms with Gasteiger partial charge in [0.25, 0.3) is 20.0 Å². The number of nitrogens with one attached hydrogen (secondary N) is 2. The molecule has 0 radical (unpaired) electrons. The molecule has 0 bridgehead atoms. The molecule has 4 N–H and O–H groups in total. The van der Waals surface area contributed by atoms with Gasteiger partial charge in [-0.15, -0.1) is 0 Å². The molecule has 29 heteroatoms. The van der Waals surface area contributed by atoms with E-state index in [2.05, 4.69) is 25.3 Å². The van der Waals surface area contributed by atoms with Crippen molar-refractivity contribution in [3.63, 3.8) is 0 Å². The molecule has 2 aromatic carbocycles. The fourth-order valence-corrected chi connectivity index (χ4v) is 9.18. The number of methoxy groups -OCH3 is 1. The number of carbonyl (C=O) groups excluding carboxylic acids is 3. The number of benzene rings is 2. The molecule has 4 aromatic heterocycles. The van der Waals surface area contributed by atoms with Crippen molar-refractivity contribution in [1.82, 2.24) is 19.9 Å². The van der Waals surface area contributed by atoms with Gasteiger partial charge in [-0.05, 0) is 93.6 Å². The summed E-state index contributed by atoms with van der Waals surface area (Å²) < 4.78 is 145. The fraction of sp³-hybridized carbons (Fsp3) is 0.222. The van der Waals surface area contributed by atoms with E-state index in [9.17, 15) is 57.6 Å². The lowest BCUT2D eigenvalue weighted by atomic mass is 10.1. The third-order valence-corrected chi connectivity index (χ3v) is 13.2. The van der Waals surface area contributed by atoms with Crippen LogP contribution in [0.25, 0.3) is 0 Å². The second-order valence-corrected chi connectivity index (χ2v) is 20.6. The maximum atomic E-state index is 13.7. The number of sulfonamides is 2. The van der Waals surface area contributed by atoms with E-state index in [1.165, 1.54) is 36.7 Å². The summed E-state index contributed by atoms with van der Waals surface area (Å²) in [6.45, 7) is 4.14. The normalized spacial score (nSPS) is 11.7. The predicted molar refractivity (Wildman–Crippen MR) is 267 cm³/mol. The number of nitrogen functional groups attached to an aromatic ring is 1. The Labute approximate surface area is 440 Å². The number of alkyl halides is 6. The number of ether oxygens (including phenoxy) is 2. The van der Waals surface area contributed by atoms with Gasteiger partial charge >= 0.3 is 18.4 Å². The molecule has 0 aliphatic rings. The summed E-state index contributed by atoms with van der Waals surface area (Å²) in [4.78, 5) is 53.0. The number of anilines is 4. The van der Waals surface area contributed by atoms with Crippen LogP contribution in [-0.4, -0.2) is 73.9 Å². The number of pyridine rings is 4. The predicted octanol–water partition coefficient (Wildman–Crippen LogP) is 11.9. The average Bonchev–Trinajstić information content (AvgIpc) is 3.27. The largest absolute Gasteiger partial charge is 0.444 e. The van der Waals surface area contributed by atoms with Crippen molar-refractivity contribution < 1.29 is 67.0 Å². The maximum Gasteiger partial charge on any atom is 0.417 e. The van der Waals surface area contributed by atoms with Gasteiger partial charge < -0.3 is 15.2 Å². The zero-order valence-corrected chi connectivity index (χ0v) is 41.7. The molecule has 0 saturated carbocycles. The first-order valence-corrected chi connectivity index (χ1v) is 24.1. The van der Waals surface area contributed by atoms with Gasteiger partial charge in [-0.1, -0.05) is 61.3 Å². The molecular weight excluding hydrogens is 1120 g/mol. The molecule has 0 aliphatic heterocycles. The van der Waals surface area contributed by atoms with Crippen LogP contribution in [0.15, 0.2) is 107 Å². The zero-order chi connectivity index (χ0) is 53.7. The zero-order valence-electron chi connectivity index (χ0n) is 37.0. The number of nitrogens with two attached hydrogens (primary N) is 1. The highest BCUT2D eigenvalue weighted by Gasteiger charge is 2.38. The van der Waals surface area contributed by atoms with Crippen molar-refractivity contribution >= 4 is 107 Å². The number of amides is 1. The molecule has 17 nitrogen and oxygen atoms in total. The minimum absolute atomic E-state index is 0. The maximum absolute atomic E-state index is 13.7. The Balaban J connectivity index is 0.000000393. The number of aromatic nitrogens is 4. The van der Waals surface area contributed by atoms with Crippen molar-refractivity contribution in [2.24, 2.45) is 0 Å². The second kappa shape index (κ2) is 24.3. The topological polar surface area (TPSA) is 243 Å². The molecule has 6 rings (SSSR count). The van der Waals surface area contributed by atoms with Gasteiger partial charge in [-0.2, -0.15) is 26.3 Å². The fourth-order valence-electron chi connectivity index (χ4n) is 5.93. The van der Waals surface area contributed by atoms with Gasteiger partial charge in [-0.3, -0.25) is 19.6 Å². The number of nitrogens with zero attached hydrogens (tertiary/aromatic N) is 5. The highest BCUT2D eigenvalue weighted by molar-refractivity contribution is 7.93. The van der Waals surface area contributed by atoms with Gasteiger partial charge in [0.15, 0.2) is 0 Å². The van der Waals surface area contributed by atoms with Crippen molar-refractivity contribution in [2.75, 3.05) is 33.9 Å². The van der Waals surface area contributed by atoms with Crippen molar-refractivity contribution in [1.29, 1.82) is 0 Å². The van der Waals surface area contributed by atoms with Gasteiger partial charge in [-0.25, -0.2) is 45.9 Å². The molecule has 398 valence electrons. The Kier molecular flexibility index (Phi) is 20.4. The average molecular weight is 1160 g/mol. The number of hydrogen-bond acceptors (Lipinski definition) is 14. The number of ketones is 2. The van der Waals surface area contributed by atoms with Crippen LogP contribution in [0.5, 0.6) is 0 Å². The molecule has 1 amide bonds. The summed E-state index contributed by atoms with van der Waals surface area (Å²) in [6.07, 6.45) is -5.93. The molecule has 74 heavy (non-hydrogen) atoms. The third-order valence-electron chi connectivity index (χ3n) is 9.02. The molecule has 0 spiro atoms. The summed E-state index contributed by atoms with van der Waals surface area (Å²) in [6, 6.07) is 11.7. The first kappa shape index (κ1) is 61.9. The van der Waals surface area contributed by atoms with E-state index in [4.69, 9.17) is 61.6 Å². The van der Waals surface area contributed by atoms with Crippen LogP contribution in [0.4, 0.5) is 54.1 Å². The van der Waals surface area contributed by atoms with E-state index in [1.54, 1.807) is 20.8 Å². The lowest BCUT2D eigenvalue weighted by molar-refractivity contribution is -0.138. The molecule has 0 atom stereocenters. The van der Waals surface area contributed by atoms with E-state index >= 15 is 0 Å². The minimum Gasteiger partial charge on any atom is -0.444 e. The first-order chi connectivity index (χ1) is 33.3. The lowest BCUT2D eigenvalue weighted by Crippen LogP contribution is -2.34. The van der Waals surface area contributed by atoms with Crippen LogP contribution in [0.3, 0.4) is 0 Å². The molecule has 6 aromatic rings. The summed E-state index contributed by atoms with van der Waals surface area (Å²) in [5, 5.41) is 0.857. The number of carbonyl (C=O) groups is 3. The van der Waals surface area contributed by atoms with Crippen LogP contribution in [0.1, 0.15) is 78.9 Å². The SMILES string of the molecule is C.C.COCN(c1cc(Cl)cnc1C(=O)c1cccnc1NC(=O)OC(C)(C)C)S(=O)(=O)c1ccc(Cl)c(C(F)(F)F)c1.Nc1ncccc1C(=O)c1ncc(Cl)cc1NS(=O)(=O)c1ccc(Cl)c(C(F)(F)F)c1. The quantitative estimate of drug-likeness (QED) is 0.0553. The molecular formula is C45H42Cl4F6N8O9S2. The summed E-state index contributed by atoms with van der Waals surface area (Å²) in [5.41, 5.74) is 0.217. The molecule has 0 aliphatic carbocycles. The van der Waals surface area contributed by atoms with E-state index in [0.29, 0.717) is 16.4 Å². The van der Waals surface area contributed by atoms with E-state index in [1.807, 2.05) is 4.72 Å². The van der Waals surface area contributed by atoms with Crippen LogP contribution in [0.2, 0.25) is 20.1 Å². The Morgan fingerprint density at radius 1 is 0.689 bits per heavy atom. The highest BCUT2D eigenvalue weighted by Crippen LogP contribution is 2.39. The van der Waals surface area contributed by atoms with Gasteiger partial charge in [0, 0.05) is 31.9 Å². The van der Waals surface area contributed by atoms with Crippen LogP contribution in [0, 0.1) is 0 Å². The number of rotatable bonds is 13. The monoisotopic (exact) mass is 1160 g/mol. The van der Waals surface area contributed by atoms with E-state index in [-0.39, 0.29) is 59.0 Å².